The average Bonchev–Trinajstić information content (AvgIpc) is 2.35. The molecule has 0 bridgehead atoms. The molecule has 1 unspecified atom stereocenters. The van der Waals surface area contributed by atoms with Gasteiger partial charge in [0.25, 0.3) is 0 Å². The van der Waals surface area contributed by atoms with Gasteiger partial charge in [-0.3, -0.25) is 9.97 Å². The summed E-state index contributed by atoms with van der Waals surface area (Å²) in [4.78, 5) is 8.15. The number of aromatic nitrogens is 2. The van der Waals surface area contributed by atoms with Crippen molar-refractivity contribution >= 4 is 21.6 Å². The fourth-order valence-electron chi connectivity index (χ4n) is 1.45. The highest BCUT2D eigenvalue weighted by Crippen LogP contribution is 2.23. The van der Waals surface area contributed by atoms with Crippen LogP contribution in [0.4, 0.5) is 10.1 Å². The molecule has 5 heteroatoms. The Kier molecular flexibility index (Phi) is 3.68. The van der Waals surface area contributed by atoms with Crippen molar-refractivity contribution < 1.29 is 4.39 Å². The van der Waals surface area contributed by atoms with E-state index >= 15 is 0 Å². The number of nitrogens with one attached hydrogen (secondary N) is 1. The largest absolute Gasteiger partial charge is 0.374 e. The van der Waals surface area contributed by atoms with Gasteiger partial charge < -0.3 is 5.32 Å². The SMILES string of the molecule is CC(Nc1cc(Br)ccc1F)c1cnccn1. The van der Waals surface area contributed by atoms with Crippen LogP contribution in [0, 0.1) is 5.82 Å². The van der Waals surface area contributed by atoms with Crippen molar-refractivity contribution in [3.63, 3.8) is 0 Å². The van der Waals surface area contributed by atoms with Crippen molar-refractivity contribution in [2.45, 2.75) is 13.0 Å². The van der Waals surface area contributed by atoms with Gasteiger partial charge in [0, 0.05) is 16.9 Å². The number of anilines is 1. The summed E-state index contributed by atoms with van der Waals surface area (Å²) in [6, 6.07) is 4.67. The second-order valence-electron chi connectivity index (χ2n) is 3.62. The van der Waals surface area contributed by atoms with Gasteiger partial charge in [-0.05, 0) is 25.1 Å². The molecule has 0 fully saturated rings. The number of rotatable bonds is 3. The van der Waals surface area contributed by atoms with E-state index in [9.17, 15) is 4.39 Å². The molecule has 1 aromatic heterocycles. The summed E-state index contributed by atoms with van der Waals surface area (Å²) in [7, 11) is 0. The molecule has 0 saturated heterocycles. The van der Waals surface area contributed by atoms with E-state index in [-0.39, 0.29) is 11.9 Å². The van der Waals surface area contributed by atoms with E-state index < -0.39 is 0 Å². The molecule has 1 N–H and O–H groups in total. The van der Waals surface area contributed by atoms with Crippen molar-refractivity contribution in [2.75, 3.05) is 5.32 Å². The first-order valence-electron chi connectivity index (χ1n) is 5.14. The first-order valence-corrected chi connectivity index (χ1v) is 5.93. The van der Waals surface area contributed by atoms with Gasteiger partial charge in [-0.2, -0.15) is 0 Å². The topological polar surface area (TPSA) is 37.8 Å². The lowest BCUT2D eigenvalue weighted by molar-refractivity contribution is 0.626. The first-order chi connectivity index (χ1) is 8.16. The van der Waals surface area contributed by atoms with Gasteiger partial charge in [-0.25, -0.2) is 4.39 Å². The molecule has 1 atom stereocenters. The molecule has 3 nitrogen and oxygen atoms in total. The summed E-state index contributed by atoms with van der Waals surface area (Å²) in [5, 5.41) is 3.06. The maximum atomic E-state index is 13.5. The minimum absolute atomic E-state index is 0.104. The third kappa shape index (κ3) is 3.00. The molecule has 2 rings (SSSR count). The van der Waals surface area contributed by atoms with Crippen molar-refractivity contribution in [1.82, 2.24) is 9.97 Å². The van der Waals surface area contributed by atoms with Gasteiger partial charge in [0.2, 0.25) is 0 Å². The van der Waals surface area contributed by atoms with Crippen molar-refractivity contribution in [2.24, 2.45) is 0 Å². The summed E-state index contributed by atoms with van der Waals surface area (Å²) < 4.78 is 14.4. The Morgan fingerprint density at radius 2 is 2.18 bits per heavy atom. The molecular weight excluding hydrogens is 285 g/mol. The lowest BCUT2D eigenvalue weighted by atomic mass is 10.2. The first kappa shape index (κ1) is 12.0. The van der Waals surface area contributed by atoms with Crippen LogP contribution in [0.1, 0.15) is 18.7 Å². The summed E-state index contributed by atoms with van der Waals surface area (Å²) in [5.74, 6) is -0.288. The van der Waals surface area contributed by atoms with E-state index in [1.54, 1.807) is 30.7 Å². The number of hydrogen-bond donors (Lipinski definition) is 1. The van der Waals surface area contributed by atoms with E-state index in [1.807, 2.05) is 6.92 Å². The molecule has 1 heterocycles. The zero-order chi connectivity index (χ0) is 12.3. The van der Waals surface area contributed by atoms with Crippen LogP contribution >= 0.6 is 15.9 Å². The molecule has 0 saturated carbocycles. The van der Waals surface area contributed by atoms with E-state index in [1.165, 1.54) is 6.07 Å². The van der Waals surface area contributed by atoms with E-state index in [2.05, 4.69) is 31.2 Å². The quantitative estimate of drug-likeness (QED) is 0.941. The lowest BCUT2D eigenvalue weighted by Gasteiger charge is -2.15. The summed E-state index contributed by atoms with van der Waals surface area (Å²) in [6.45, 7) is 1.91. The minimum Gasteiger partial charge on any atom is -0.374 e. The maximum Gasteiger partial charge on any atom is 0.146 e. The van der Waals surface area contributed by atoms with E-state index in [0.717, 1.165) is 10.2 Å². The molecule has 2 aromatic rings. The van der Waals surface area contributed by atoms with Gasteiger partial charge in [0.1, 0.15) is 5.82 Å². The second-order valence-corrected chi connectivity index (χ2v) is 4.54. The Balaban J connectivity index is 2.18. The highest BCUT2D eigenvalue weighted by molar-refractivity contribution is 9.10. The predicted molar refractivity (Wildman–Crippen MR) is 68.2 cm³/mol. The van der Waals surface area contributed by atoms with Crippen LogP contribution in [-0.2, 0) is 0 Å². The molecule has 1 aromatic carbocycles. The second kappa shape index (κ2) is 5.23. The van der Waals surface area contributed by atoms with Gasteiger partial charge in [-0.15, -0.1) is 0 Å². The van der Waals surface area contributed by atoms with Crippen molar-refractivity contribution in [3.8, 4) is 0 Å². The minimum atomic E-state index is -0.288. The third-order valence-electron chi connectivity index (χ3n) is 2.33. The van der Waals surface area contributed by atoms with Gasteiger partial charge >= 0.3 is 0 Å². The Morgan fingerprint density at radius 3 is 2.88 bits per heavy atom. The molecule has 0 radical (unpaired) electrons. The van der Waals surface area contributed by atoms with Crippen LogP contribution in [0.5, 0.6) is 0 Å². The van der Waals surface area contributed by atoms with Gasteiger partial charge in [0.15, 0.2) is 0 Å². The number of nitrogens with zero attached hydrogens (tertiary/aromatic N) is 2. The standard InChI is InChI=1S/C12H11BrFN3/c1-8(12-7-15-4-5-16-12)17-11-6-9(13)2-3-10(11)14/h2-8,17H,1H3. The van der Waals surface area contributed by atoms with Crippen LogP contribution in [0.2, 0.25) is 0 Å². The van der Waals surface area contributed by atoms with Crippen LogP contribution in [-0.4, -0.2) is 9.97 Å². The highest BCUT2D eigenvalue weighted by atomic mass is 79.9. The molecule has 0 aliphatic rings. The van der Waals surface area contributed by atoms with Crippen LogP contribution < -0.4 is 5.32 Å². The number of benzene rings is 1. The molecule has 17 heavy (non-hydrogen) atoms. The van der Waals surface area contributed by atoms with Crippen LogP contribution in [0.3, 0.4) is 0 Å². The Morgan fingerprint density at radius 1 is 1.35 bits per heavy atom. The molecular formula is C12H11BrFN3. The van der Waals surface area contributed by atoms with Crippen molar-refractivity contribution in [1.29, 1.82) is 0 Å². The van der Waals surface area contributed by atoms with Gasteiger partial charge in [-0.1, -0.05) is 15.9 Å². The molecule has 0 aliphatic heterocycles. The molecule has 0 spiro atoms. The number of halogens is 2. The molecule has 88 valence electrons. The Bertz CT molecular complexity index is 504. The number of hydrogen-bond acceptors (Lipinski definition) is 3. The summed E-state index contributed by atoms with van der Waals surface area (Å²) in [5.41, 5.74) is 1.21. The fraction of sp³-hybridized carbons (Fsp3) is 0.167. The van der Waals surface area contributed by atoms with Crippen molar-refractivity contribution in [3.05, 3.63) is 52.8 Å². The Hall–Kier alpha value is -1.49. The van der Waals surface area contributed by atoms with Crippen LogP contribution in [0.15, 0.2) is 41.3 Å². The maximum absolute atomic E-state index is 13.5. The Labute approximate surface area is 107 Å². The monoisotopic (exact) mass is 295 g/mol. The molecule has 0 aliphatic carbocycles. The van der Waals surface area contributed by atoms with E-state index in [0.29, 0.717) is 5.69 Å². The van der Waals surface area contributed by atoms with E-state index in [4.69, 9.17) is 0 Å². The normalized spacial score (nSPS) is 12.2. The van der Waals surface area contributed by atoms with Crippen LogP contribution in [0.25, 0.3) is 0 Å². The highest BCUT2D eigenvalue weighted by Gasteiger charge is 2.09. The zero-order valence-electron chi connectivity index (χ0n) is 9.19. The fourth-order valence-corrected chi connectivity index (χ4v) is 1.81. The predicted octanol–water partition coefficient (Wildman–Crippen LogP) is 3.55. The smallest absolute Gasteiger partial charge is 0.146 e. The van der Waals surface area contributed by atoms with Gasteiger partial charge in [0.05, 0.1) is 23.6 Å². The molecule has 0 amide bonds. The summed E-state index contributed by atoms with van der Waals surface area (Å²) in [6.07, 6.45) is 4.88. The zero-order valence-corrected chi connectivity index (χ0v) is 10.8. The summed E-state index contributed by atoms with van der Waals surface area (Å²) >= 11 is 3.31. The average molecular weight is 296 g/mol. The lowest BCUT2D eigenvalue weighted by Crippen LogP contribution is -2.09. The third-order valence-corrected chi connectivity index (χ3v) is 2.82.